The van der Waals surface area contributed by atoms with E-state index in [-0.39, 0.29) is 0 Å². The van der Waals surface area contributed by atoms with Crippen LogP contribution in [0.4, 0.5) is 0 Å². The Morgan fingerprint density at radius 2 is 2.19 bits per heavy atom. The summed E-state index contributed by atoms with van der Waals surface area (Å²) in [5, 5.41) is 0. The largest absolute Gasteiger partial charge is 0.381 e. The number of ether oxygens (including phenoxy) is 1. The zero-order valence-electron chi connectivity index (χ0n) is 12.6. The van der Waals surface area contributed by atoms with Crippen LogP contribution in [0.15, 0.2) is 42.7 Å². The van der Waals surface area contributed by atoms with E-state index in [2.05, 4.69) is 58.0 Å². The molecule has 2 heterocycles. The summed E-state index contributed by atoms with van der Waals surface area (Å²) in [5.41, 5.74) is 1.31. The maximum absolute atomic E-state index is 5.45. The van der Waals surface area contributed by atoms with Gasteiger partial charge in [0.25, 0.3) is 0 Å². The van der Waals surface area contributed by atoms with Gasteiger partial charge in [-0.25, -0.2) is 4.98 Å². The quantitative estimate of drug-likeness (QED) is 0.816. The van der Waals surface area contributed by atoms with Crippen molar-refractivity contribution in [3.05, 3.63) is 54.1 Å². The van der Waals surface area contributed by atoms with Crippen LogP contribution in [0.3, 0.4) is 0 Å². The fourth-order valence-electron chi connectivity index (χ4n) is 2.89. The van der Waals surface area contributed by atoms with Gasteiger partial charge < -0.3 is 9.30 Å². The predicted molar refractivity (Wildman–Crippen MR) is 83.0 cm³/mol. The molecule has 0 radical (unpaired) electrons. The average Bonchev–Trinajstić information content (AvgIpc) is 3.13. The van der Waals surface area contributed by atoms with Crippen molar-refractivity contribution in [1.82, 2.24) is 14.5 Å². The Bertz CT molecular complexity index is 546. The molecule has 0 N–H and O–H groups in total. The smallest absolute Gasteiger partial charge is 0.123 e. The van der Waals surface area contributed by atoms with Crippen LogP contribution in [-0.2, 0) is 17.8 Å². The van der Waals surface area contributed by atoms with E-state index in [1.807, 2.05) is 6.20 Å². The molecule has 0 saturated carbocycles. The third kappa shape index (κ3) is 3.93. The van der Waals surface area contributed by atoms with Gasteiger partial charge in [0.15, 0.2) is 0 Å². The fraction of sp³-hybridized carbons (Fsp3) is 0.471. The van der Waals surface area contributed by atoms with Crippen molar-refractivity contribution in [1.29, 1.82) is 0 Å². The van der Waals surface area contributed by atoms with E-state index in [9.17, 15) is 0 Å². The summed E-state index contributed by atoms with van der Waals surface area (Å²) in [6, 6.07) is 10.5. The maximum Gasteiger partial charge on any atom is 0.123 e. The van der Waals surface area contributed by atoms with Crippen LogP contribution in [-0.4, -0.2) is 41.3 Å². The van der Waals surface area contributed by atoms with E-state index in [1.54, 1.807) is 0 Å². The van der Waals surface area contributed by atoms with Crippen molar-refractivity contribution >= 4 is 0 Å². The molecule has 21 heavy (non-hydrogen) atoms. The highest BCUT2D eigenvalue weighted by molar-refractivity contribution is 5.15. The topological polar surface area (TPSA) is 30.3 Å². The minimum atomic E-state index is 0.674. The first kappa shape index (κ1) is 14.3. The van der Waals surface area contributed by atoms with E-state index >= 15 is 0 Å². The Morgan fingerprint density at radius 1 is 1.33 bits per heavy atom. The van der Waals surface area contributed by atoms with Gasteiger partial charge in [-0.2, -0.15) is 0 Å². The molecular weight excluding hydrogens is 262 g/mol. The third-order valence-corrected chi connectivity index (χ3v) is 4.00. The van der Waals surface area contributed by atoms with Crippen LogP contribution in [0, 0.1) is 5.92 Å². The maximum atomic E-state index is 5.45. The van der Waals surface area contributed by atoms with Crippen LogP contribution in [0.5, 0.6) is 0 Å². The first-order valence-electron chi connectivity index (χ1n) is 7.61. The van der Waals surface area contributed by atoms with Gasteiger partial charge in [-0.15, -0.1) is 0 Å². The molecule has 1 fully saturated rings. The monoisotopic (exact) mass is 285 g/mol. The van der Waals surface area contributed by atoms with Crippen LogP contribution < -0.4 is 0 Å². The zero-order valence-corrected chi connectivity index (χ0v) is 12.6. The Labute approximate surface area is 126 Å². The van der Waals surface area contributed by atoms with Gasteiger partial charge in [0.2, 0.25) is 0 Å². The van der Waals surface area contributed by atoms with Gasteiger partial charge in [-0.3, -0.25) is 4.90 Å². The number of benzene rings is 1. The highest BCUT2D eigenvalue weighted by Crippen LogP contribution is 2.14. The van der Waals surface area contributed by atoms with E-state index in [0.29, 0.717) is 5.92 Å². The molecule has 0 amide bonds. The highest BCUT2D eigenvalue weighted by atomic mass is 16.5. The molecule has 1 saturated heterocycles. The van der Waals surface area contributed by atoms with Gasteiger partial charge in [0.05, 0.1) is 13.2 Å². The second-order valence-corrected chi connectivity index (χ2v) is 5.88. The van der Waals surface area contributed by atoms with Crippen molar-refractivity contribution in [3.63, 3.8) is 0 Å². The molecule has 1 aliphatic heterocycles. The van der Waals surface area contributed by atoms with Crippen LogP contribution in [0.1, 0.15) is 17.8 Å². The van der Waals surface area contributed by atoms with Crippen molar-refractivity contribution in [2.45, 2.75) is 19.5 Å². The molecule has 1 aromatic heterocycles. The number of hydrogen-bond acceptors (Lipinski definition) is 3. The molecule has 0 aliphatic carbocycles. The second kappa shape index (κ2) is 6.87. The summed E-state index contributed by atoms with van der Waals surface area (Å²) in [5.74, 6) is 1.80. The van der Waals surface area contributed by atoms with Crippen LogP contribution in [0.25, 0.3) is 0 Å². The lowest BCUT2D eigenvalue weighted by molar-refractivity contribution is 0.172. The molecule has 2 aromatic rings. The predicted octanol–water partition coefficient (Wildman–Crippen LogP) is 2.40. The molecule has 3 rings (SSSR count). The Balaban J connectivity index is 1.59. The average molecular weight is 285 g/mol. The Hall–Kier alpha value is -1.65. The molecule has 0 spiro atoms. The molecule has 4 heteroatoms. The van der Waals surface area contributed by atoms with Crippen molar-refractivity contribution < 1.29 is 4.74 Å². The first-order valence-corrected chi connectivity index (χ1v) is 7.61. The van der Waals surface area contributed by atoms with Crippen LogP contribution in [0.2, 0.25) is 0 Å². The molecule has 1 atom stereocenters. The summed E-state index contributed by atoms with van der Waals surface area (Å²) < 4.78 is 7.68. The molecule has 1 unspecified atom stereocenters. The Morgan fingerprint density at radius 3 is 2.95 bits per heavy atom. The minimum absolute atomic E-state index is 0.674. The van der Waals surface area contributed by atoms with E-state index < -0.39 is 0 Å². The number of imidazole rings is 1. The molecule has 1 aromatic carbocycles. The van der Waals surface area contributed by atoms with E-state index in [4.69, 9.17) is 4.74 Å². The number of hydrogen-bond donors (Lipinski definition) is 0. The van der Waals surface area contributed by atoms with Gasteiger partial charge in [-0.1, -0.05) is 30.3 Å². The summed E-state index contributed by atoms with van der Waals surface area (Å²) in [4.78, 5) is 6.87. The first-order chi connectivity index (χ1) is 10.3. The summed E-state index contributed by atoms with van der Waals surface area (Å²) >= 11 is 0. The lowest BCUT2D eigenvalue weighted by Crippen LogP contribution is -2.27. The molecular formula is C17H23N3O. The summed E-state index contributed by atoms with van der Waals surface area (Å²) in [7, 11) is 2.17. The summed E-state index contributed by atoms with van der Waals surface area (Å²) in [6.07, 6.45) is 5.14. The number of rotatable bonds is 6. The van der Waals surface area contributed by atoms with Gasteiger partial charge >= 0.3 is 0 Å². The van der Waals surface area contributed by atoms with Crippen molar-refractivity contribution in [3.8, 4) is 0 Å². The summed E-state index contributed by atoms with van der Waals surface area (Å²) in [6.45, 7) is 4.68. The second-order valence-electron chi connectivity index (χ2n) is 5.88. The SMILES string of the molecule is CN(Cc1nccn1Cc1ccccc1)CC1CCOC1. The minimum Gasteiger partial charge on any atom is -0.381 e. The number of nitrogens with zero attached hydrogens (tertiary/aromatic N) is 3. The lowest BCUT2D eigenvalue weighted by atomic mass is 10.1. The van der Waals surface area contributed by atoms with Crippen molar-refractivity contribution in [2.24, 2.45) is 5.92 Å². The van der Waals surface area contributed by atoms with Gasteiger partial charge in [0.1, 0.15) is 5.82 Å². The number of aromatic nitrogens is 2. The third-order valence-electron chi connectivity index (χ3n) is 4.00. The van der Waals surface area contributed by atoms with E-state index in [0.717, 1.165) is 38.7 Å². The van der Waals surface area contributed by atoms with Gasteiger partial charge in [0, 0.05) is 32.1 Å². The highest BCUT2D eigenvalue weighted by Gasteiger charge is 2.18. The fourth-order valence-corrected chi connectivity index (χ4v) is 2.89. The van der Waals surface area contributed by atoms with Crippen molar-refractivity contribution in [2.75, 3.05) is 26.8 Å². The normalized spacial score (nSPS) is 18.5. The molecule has 112 valence electrons. The van der Waals surface area contributed by atoms with Gasteiger partial charge in [-0.05, 0) is 24.9 Å². The molecule has 4 nitrogen and oxygen atoms in total. The van der Waals surface area contributed by atoms with Crippen LogP contribution >= 0.6 is 0 Å². The van der Waals surface area contributed by atoms with E-state index in [1.165, 1.54) is 12.0 Å². The lowest BCUT2D eigenvalue weighted by Gasteiger charge is -2.20. The molecule has 0 bridgehead atoms. The standard InChI is InChI=1S/C17H23N3O/c1-19(11-16-7-10-21-14-16)13-17-18-8-9-20(17)12-15-5-3-2-4-6-15/h2-6,8-9,16H,7,10-14H2,1H3. The Kier molecular flexibility index (Phi) is 4.68. The zero-order chi connectivity index (χ0) is 14.5. The molecule has 1 aliphatic rings.